The van der Waals surface area contributed by atoms with Gasteiger partial charge in [0.2, 0.25) is 5.13 Å². The number of hydrogen-bond donors (Lipinski definition) is 3. The van der Waals surface area contributed by atoms with Gasteiger partial charge >= 0.3 is 0 Å². The Hall–Kier alpha value is -2.65. The molecule has 1 aliphatic rings. The van der Waals surface area contributed by atoms with Crippen molar-refractivity contribution in [1.29, 1.82) is 5.41 Å². The van der Waals surface area contributed by atoms with Crippen molar-refractivity contribution in [3.63, 3.8) is 0 Å². The Morgan fingerprint density at radius 2 is 1.92 bits per heavy atom. The fraction of sp³-hybridized carbons (Fsp3) is 0.0625. The van der Waals surface area contributed by atoms with Crippen molar-refractivity contribution in [2.75, 3.05) is 0 Å². The van der Waals surface area contributed by atoms with Gasteiger partial charge in [0.25, 0.3) is 6.29 Å². The molecule has 5 N–H and O–H groups in total. The first-order valence-corrected chi connectivity index (χ1v) is 8.83. The molecule has 126 valence electrons. The predicted octanol–water partition coefficient (Wildman–Crippen LogP) is 3.13. The van der Waals surface area contributed by atoms with Crippen LogP contribution in [0.4, 0.5) is 5.13 Å². The number of nitrogens with zero attached hydrogens (tertiary/aromatic N) is 2. The molecule has 0 aliphatic carbocycles. The number of nitrogens with one attached hydrogen (secondary N) is 1. The average Bonchev–Trinajstić information content (AvgIpc) is 3.16. The molecule has 0 bridgehead atoms. The van der Waals surface area contributed by atoms with Crippen LogP contribution in [0, 0.1) is 5.41 Å². The molecule has 4 rings (SSSR count). The van der Waals surface area contributed by atoms with Crippen molar-refractivity contribution >= 4 is 54.3 Å². The number of nitrogens with two attached hydrogens (primary N) is 2. The fourth-order valence-electron chi connectivity index (χ4n) is 2.37. The number of aromatic nitrogens is 1. The Balaban J connectivity index is 1.61. The monoisotopic (exact) mass is 417 g/mol. The third-order valence-electron chi connectivity index (χ3n) is 3.54. The number of rotatable bonds is 3. The second kappa shape index (κ2) is 6.01. The molecule has 0 saturated carbocycles. The maximum absolute atomic E-state index is 7.57. The van der Waals surface area contributed by atoms with Crippen LogP contribution in [0.2, 0.25) is 0 Å². The van der Waals surface area contributed by atoms with E-state index < -0.39 is 6.29 Å². The van der Waals surface area contributed by atoms with E-state index in [2.05, 4.69) is 25.9 Å². The molecule has 1 aliphatic heterocycles. The molecule has 1 aromatic heterocycles. The van der Waals surface area contributed by atoms with Gasteiger partial charge in [-0.3, -0.25) is 5.41 Å². The van der Waals surface area contributed by atoms with E-state index in [9.17, 15) is 0 Å². The predicted molar refractivity (Wildman–Crippen MR) is 101 cm³/mol. The van der Waals surface area contributed by atoms with Gasteiger partial charge in [-0.15, -0.1) is 0 Å². The Kier molecular flexibility index (Phi) is 3.81. The summed E-state index contributed by atoms with van der Waals surface area (Å²) < 4.78 is 13.0. The summed E-state index contributed by atoms with van der Waals surface area (Å²) in [6, 6.07) is 11.1. The van der Waals surface area contributed by atoms with Crippen LogP contribution in [0.25, 0.3) is 10.2 Å². The normalized spacial score (nSPS) is 16.4. The highest BCUT2D eigenvalue weighted by Crippen LogP contribution is 2.39. The highest BCUT2D eigenvalue weighted by molar-refractivity contribution is 9.10. The van der Waals surface area contributed by atoms with Gasteiger partial charge in [-0.25, -0.2) is 4.98 Å². The number of amidine groups is 2. The Morgan fingerprint density at radius 1 is 1.20 bits per heavy atom. The van der Waals surface area contributed by atoms with Gasteiger partial charge in [-0.05, 0) is 40.2 Å². The Labute approximate surface area is 154 Å². The largest absolute Gasteiger partial charge is 0.444 e. The minimum atomic E-state index is -0.851. The van der Waals surface area contributed by atoms with Crippen molar-refractivity contribution in [2.45, 2.75) is 6.29 Å². The Bertz CT molecular complexity index is 1000. The third-order valence-corrected chi connectivity index (χ3v) is 5.13. The number of halogens is 1. The lowest BCUT2D eigenvalue weighted by Gasteiger charge is -2.08. The van der Waals surface area contributed by atoms with Crippen molar-refractivity contribution in [3.05, 3.63) is 46.4 Å². The van der Waals surface area contributed by atoms with Crippen LogP contribution in [-0.2, 0) is 0 Å². The highest BCUT2D eigenvalue weighted by atomic mass is 79.9. The van der Waals surface area contributed by atoms with Crippen LogP contribution in [0.15, 0.2) is 45.9 Å². The molecule has 0 spiro atoms. The number of para-hydroxylation sites is 1. The number of thiazole rings is 1. The molecule has 3 aromatic rings. The number of nitrogen functional groups attached to an aromatic ring is 1. The maximum atomic E-state index is 7.57. The van der Waals surface area contributed by atoms with E-state index in [4.69, 9.17) is 26.4 Å². The SMILES string of the molecule is N=C(N)c1cc2c(cc1Br)OC(/C(N)=N/c1nc3ccccc3s1)O2. The Morgan fingerprint density at radius 3 is 2.64 bits per heavy atom. The quantitative estimate of drug-likeness (QED) is 0.446. The standard InChI is InChI=1S/C16H12BrN5O2S/c17-8-6-11-10(5-7(8)13(18)19)23-15(24-11)14(20)22-16-21-9-3-1-2-4-12(9)25-16/h1-6,15H,(H3,18,19)(H2,20,21,22). The highest BCUT2D eigenvalue weighted by Gasteiger charge is 2.29. The van der Waals surface area contributed by atoms with Gasteiger partial charge < -0.3 is 20.9 Å². The van der Waals surface area contributed by atoms with Crippen molar-refractivity contribution in [1.82, 2.24) is 4.98 Å². The van der Waals surface area contributed by atoms with E-state index >= 15 is 0 Å². The van der Waals surface area contributed by atoms with Gasteiger partial charge in [0.15, 0.2) is 17.3 Å². The first kappa shape index (κ1) is 15.9. The third kappa shape index (κ3) is 2.92. The molecular formula is C16H12BrN5O2S. The van der Waals surface area contributed by atoms with Crippen molar-refractivity contribution in [3.8, 4) is 11.5 Å². The molecule has 0 amide bonds. The number of aliphatic imine (C=N–C) groups is 1. The lowest BCUT2D eigenvalue weighted by atomic mass is 10.2. The zero-order valence-corrected chi connectivity index (χ0v) is 15.1. The van der Waals surface area contributed by atoms with Crippen LogP contribution in [0.5, 0.6) is 11.5 Å². The van der Waals surface area contributed by atoms with Crippen LogP contribution in [0.1, 0.15) is 5.56 Å². The number of benzene rings is 2. The molecular weight excluding hydrogens is 406 g/mol. The van der Waals surface area contributed by atoms with Crippen molar-refractivity contribution in [2.24, 2.45) is 16.5 Å². The second-order valence-corrected chi connectivity index (χ2v) is 7.12. The zero-order chi connectivity index (χ0) is 17.6. The van der Waals surface area contributed by atoms with Crippen LogP contribution < -0.4 is 20.9 Å². The molecule has 0 radical (unpaired) electrons. The van der Waals surface area contributed by atoms with E-state index in [1.165, 1.54) is 11.3 Å². The van der Waals surface area contributed by atoms with Crippen LogP contribution >= 0.6 is 27.3 Å². The van der Waals surface area contributed by atoms with E-state index in [1.807, 2.05) is 24.3 Å². The van der Waals surface area contributed by atoms with E-state index in [0.29, 0.717) is 26.7 Å². The molecule has 1 unspecified atom stereocenters. The number of hydrogen-bond acceptors (Lipinski definition) is 6. The summed E-state index contributed by atoms with van der Waals surface area (Å²) in [5.41, 5.74) is 13.0. The minimum Gasteiger partial charge on any atom is -0.444 e. The molecule has 0 saturated heterocycles. The number of ether oxygens (including phenoxy) is 2. The maximum Gasteiger partial charge on any atom is 0.300 e. The van der Waals surface area contributed by atoms with Gasteiger partial charge in [0, 0.05) is 10.0 Å². The summed E-state index contributed by atoms with van der Waals surface area (Å²) in [5, 5.41) is 8.11. The lowest BCUT2D eigenvalue weighted by Crippen LogP contribution is -2.35. The summed E-state index contributed by atoms with van der Waals surface area (Å²) in [4.78, 5) is 8.73. The minimum absolute atomic E-state index is 0.0714. The molecule has 0 fully saturated rings. The summed E-state index contributed by atoms with van der Waals surface area (Å²) in [7, 11) is 0. The van der Waals surface area contributed by atoms with E-state index in [0.717, 1.165) is 10.2 Å². The molecule has 25 heavy (non-hydrogen) atoms. The van der Waals surface area contributed by atoms with Crippen LogP contribution in [0.3, 0.4) is 0 Å². The summed E-state index contributed by atoms with van der Waals surface area (Å²) in [6.45, 7) is 0. The molecule has 2 aromatic carbocycles. The van der Waals surface area contributed by atoms with Gasteiger partial charge in [0.05, 0.1) is 10.2 Å². The first-order chi connectivity index (χ1) is 12.0. The van der Waals surface area contributed by atoms with Crippen LogP contribution in [-0.4, -0.2) is 22.9 Å². The molecule has 2 heterocycles. The lowest BCUT2D eigenvalue weighted by molar-refractivity contribution is 0.112. The van der Waals surface area contributed by atoms with E-state index in [-0.39, 0.29) is 11.7 Å². The second-order valence-electron chi connectivity index (χ2n) is 5.26. The van der Waals surface area contributed by atoms with Crippen molar-refractivity contribution < 1.29 is 9.47 Å². The first-order valence-electron chi connectivity index (χ1n) is 7.22. The topological polar surface area (TPSA) is 120 Å². The average molecular weight is 418 g/mol. The summed E-state index contributed by atoms with van der Waals surface area (Å²) >= 11 is 4.79. The smallest absolute Gasteiger partial charge is 0.300 e. The summed E-state index contributed by atoms with van der Waals surface area (Å²) in [5.74, 6) is 1.05. The fourth-order valence-corrected chi connectivity index (χ4v) is 3.76. The molecule has 1 atom stereocenters. The van der Waals surface area contributed by atoms with Gasteiger partial charge in [-0.1, -0.05) is 23.5 Å². The molecule has 9 heteroatoms. The summed E-state index contributed by atoms with van der Waals surface area (Å²) in [6.07, 6.45) is -0.851. The zero-order valence-electron chi connectivity index (χ0n) is 12.7. The molecule has 7 nitrogen and oxygen atoms in total. The van der Waals surface area contributed by atoms with Gasteiger partial charge in [0.1, 0.15) is 5.84 Å². The van der Waals surface area contributed by atoms with Gasteiger partial charge in [-0.2, -0.15) is 4.99 Å². The van der Waals surface area contributed by atoms with E-state index in [1.54, 1.807) is 12.1 Å². The number of fused-ring (bicyclic) bond motifs is 2.